The standard InChI is InChI=1S/C12H12N2O4/c1-2-18-10(15)6-14-11(16)8-4-3-7(13)5-9(8)12(14)17/h3-5H,2,6,13H2,1H3. The summed E-state index contributed by atoms with van der Waals surface area (Å²) in [6, 6.07) is 4.45. The number of carbonyl (C=O) groups excluding carboxylic acids is 3. The van der Waals surface area contributed by atoms with Gasteiger partial charge in [0.2, 0.25) is 0 Å². The Balaban J connectivity index is 2.26. The van der Waals surface area contributed by atoms with Crippen molar-refractivity contribution in [3.05, 3.63) is 29.3 Å². The number of imide groups is 1. The Labute approximate surface area is 103 Å². The van der Waals surface area contributed by atoms with Gasteiger partial charge in [0, 0.05) is 5.69 Å². The molecule has 2 rings (SSSR count). The van der Waals surface area contributed by atoms with E-state index in [4.69, 9.17) is 10.5 Å². The molecule has 18 heavy (non-hydrogen) atoms. The molecule has 2 N–H and O–H groups in total. The molecule has 1 aromatic carbocycles. The maximum atomic E-state index is 11.9. The fourth-order valence-electron chi connectivity index (χ4n) is 1.79. The van der Waals surface area contributed by atoms with Crippen LogP contribution in [0.5, 0.6) is 0 Å². The Kier molecular flexibility index (Phi) is 3.01. The summed E-state index contributed by atoms with van der Waals surface area (Å²) in [4.78, 5) is 36.0. The van der Waals surface area contributed by atoms with Gasteiger partial charge in [0.25, 0.3) is 11.8 Å². The molecule has 0 saturated carbocycles. The van der Waals surface area contributed by atoms with Gasteiger partial charge in [-0.25, -0.2) is 0 Å². The SMILES string of the molecule is CCOC(=O)CN1C(=O)c2ccc(N)cc2C1=O. The van der Waals surface area contributed by atoms with E-state index in [1.807, 2.05) is 0 Å². The Hall–Kier alpha value is -2.37. The van der Waals surface area contributed by atoms with Gasteiger partial charge in [-0.2, -0.15) is 0 Å². The molecule has 2 amide bonds. The molecular formula is C12H12N2O4. The smallest absolute Gasteiger partial charge is 0.326 e. The molecule has 0 fully saturated rings. The van der Waals surface area contributed by atoms with Gasteiger partial charge in [0.15, 0.2) is 0 Å². The highest BCUT2D eigenvalue weighted by molar-refractivity contribution is 6.22. The van der Waals surface area contributed by atoms with Crippen LogP contribution in [-0.4, -0.2) is 35.8 Å². The average molecular weight is 248 g/mol. The molecule has 0 spiro atoms. The van der Waals surface area contributed by atoms with Crippen molar-refractivity contribution in [2.45, 2.75) is 6.92 Å². The molecule has 0 aromatic heterocycles. The first-order valence-electron chi connectivity index (χ1n) is 5.46. The summed E-state index contributed by atoms with van der Waals surface area (Å²) < 4.78 is 4.71. The van der Waals surface area contributed by atoms with E-state index in [-0.39, 0.29) is 24.3 Å². The van der Waals surface area contributed by atoms with Crippen LogP contribution in [0, 0.1) is 0 Å². The van der Waals surface area contributed by atoms with Gasteiger partial charge in [0.1, 0.15) is 6.54 Å². The summed E-state index contributed by atoms with van der Waals surface area (Å²) in [7, 11) is 0. The summed E-state index contributed by atoms with van der Waals surface area (Å²) >= 11 is 0. The van der Waals surface area contributed by atoms with Crippen LogP contribution in [0.3, 0.4) is 0 Å². The van der Waals surface area contributed by atoms with Gasteiger partial charge in [-0.15, -0.1) is 0 Å². The molecule has 1 aliphatic heterocycles. The van der Waals surface area contributed by atoms with Gasteiger partial charge in [-0.05, 0) is 25.1 Å². The second-order valence-corrected chi connectivity index (χ2v) is 3.81. The quantitative estimate of drug-likeness (QED) is 0.476. The van der Waals surface area contributed by atoms with Gasteiger partial charge in [-0.1, -0.05) is 0 Å². The second kappa shape index (κ2) is 4.48. The third-order valence-corrected chi connectivity index (χ3v) is 2.59. The average Bonchev–Trinajstić information content (AvgIpc) is 2.55. The number of nitrogen functional groups attached to an aromatic ring is 1. The van der Waals surface area contributed by atoms with Crippen molar-refractivity contribution in [2.75, 3.05) is 18.9 Å². The van der Waals surface area contributed by atoms with Crippen LogP contribution in [0.25, 0.3) is 0 Å². The van der Waals surface area contributed by atoms with Gasteiger partial charge >= 0.3 is 5.97 Å². The number of esters is 1. The van der Waals surface area contributed by atoms with E-state index in [0.29, 0.717) is 5.69 Å². The first kappa shape index (κ1) is 12.1. The largest absolute Gasteiger partial charge is 0.465 e. The number of nitrogens with two attached hydrogens (primary N) is 1. The summed E-state index contributed by atoms with van der Waals surface area (Å²) in [6.45, 7) is 1.48. The zero-order valence-corrected chi connectivity index (χ0v) is 9.80. The first-order valence-corrected chi connectivity index (χ1v) is 5.46. The Morgan fingerprint density at radius 2 is 1.94 bits per heavy atom. The summed E-state index contributed by atoms with van der Waals surface area (Å²) in [5.74, 6) is -1.63. The molecule has 94 valence electrons. The minimum atomic E-state index is -0.611. The molecule has 0 aliphatic carbocycles. The highest BCUT2D eigenvalue weighted by Crippen LogP contribution is 2.24. The molecule has 0 saturated heterocycles. The molecule has 6 heteroatoms. The van der Waals surface area contributed by atoms with Crippen molar-refractivity contribution >= 4 is 23.5 Å². The summed E-state index contributed by atoms with van der Waals surface area (Å²) in [5, 5.41) is 0. The molecule has 1 heterocycles. The lowest BCUT2D eigenvalue weighted by atomic mass is 10.1. The second-order valence-electron chi connectivity index (χ2n) is 3.81. The van der Waals surface area contributed by atoms with Crippen molar-refractivity contribution in [1.82, 2.24) is 4.90 Å². The van der Waals surface area contributed by atoms with E-state index in [2.05, 4.69) is 0 Å². The molecule has 0 atom stereocenters. The predicted octanol–water partition coefficient (Wildman–Crippen LogP) is 0.428. The minimum Gasteiger partial charge on any atom is -0.465 e. The Morgan fingerprint density at radius 1 is 1.28 bits per heavy atom. The van der Waals surface area contributed by atoms with E-state index in [0.717, 1.165) is 4.90 Å². The van der Waals surface area contributed by atoms with Crippen LogP contribution < -0.4 is 5.73 Å². The Bertz CT molecular complexity index is 539. The molecule has 1 aromatic rings. The summed E-state index contributed by atoms with van der Waals surface area (Å²) in [5.41, 5.74) is 6.44. The number of amides is 2. The third kappa shape index (κ3) is 1.92. The number of hydrogen-bond acceptors (Lipinski definition) is 5. The monoisotopic (exact) mass is 248 g/mol. The van der Waals surface area contributed by atoms with E-state index < -0.39 is 17.8 Å². The van der Waals surface area contributed by atoms with E-state index in [1.165, 1.54) is 18.2 Å². The molecule has 6 nitrogen and oxygen atoms in total. The fraction of sp³-hybridized carbons (Fsp3) is 0.250. The van der Waals surface area contributed by atoms with Crippen LogP contribution >= 0.6 is 0 Å². The van der Waals surface area contributed by atoms with E-state index in [9.17, 15) is 14.4 Å². The normalized spacial score (nSPS) is 13.7. The third-order valence-electron chi connectivity index (χ3n) is 2.59. The van der Waals surface area contributed by atoms with Gasteiger partial charge in [0.05, 0.1) is 17.7 Å². The van der Waals surface area contributed by atoms with Crippen molar-refractivity contribution in [1.29, 1.82) is 0 Å². The minimum absolute atomic E-state index is 0.203. The predicted molar refractivity (Wildman–Crippen MR) is 62.9 cm³/mol. The molecule has 0 radical (unpaired) electrons. The highest BCUT2D eigenvalue weighted by atomic mass is 16.5. The van der Waals surface area contributed by atoms with Crippen molar-refractivity contribution in [2.24, 2.45) is 0 Å². The number of benzene rings is 1. The van der Waals surface area contributed by atoms with E-state index in [1.54, 1.807) is 6.92 Å². The van der Waals surface area contributed by atoms with Crippen LogP contribution in [0.1, 0.15) is 27.6 Å². The molecule has 1 aliphatic rings. The number of nitrogens with zero attached hydrogens (tertiary/aromatic N) is 1. The van der Waals surface area contributed by atoms with Crippen molar-refractivity contribution in [3.63, 3.8) is 0 Å². The van der Waals surface area contributed by atoms with Gasteiger partial charge in [-0.3, -0.25) is 19.3 Å². The number of anilines is 1. The van der Waals surface area contributed by atoms with Gasteiger partial charge < -0.3 is 10.5 Å². The molecule has 0 bridgehead atoms. The van der Waals surface area contributed by atoms with Crippen molar-refractivity contribution < 1.29 is 19.1 Å². The van der Waals surface area contributed by atoms with E-state index >= 15 is 0 Å². The summed E-state index contributed by atoms with van der Waals surface area (Å²) in [6.07, 6.45) is 0. The van der Waals surface area contributed by atoms with Crippen LogP contribution in [0.2, 0.25) is 0 Å². The molecule has 0 unspecified atom stereocenters. The molecular weight excluding hydrogens is 236 g/mol. The fourth-order valence-corrected chi connectivity index (χ4v) is 1.79. The Morgan fingerprint density at radius 3 is 2.61 bits per heavy atom. The zero-order chi connectivity index (χ0) is 13.3. The maximum absolute atomic E-state index is 11.9. The number of rotatable bonds is 3. The zero-order valence-electron chi connectivity index (χ0n) is 9.80. The highest BCUT2D eigenvalue weighted by Gasteiger charge is 2.36. The number of carbonyl (C=O) groups is 3. The van der Waals surface area contributed by atoms with Crippen molar-refractivity contribution in [3.8, 4) is 0 Å². The van der Waals surface area contributed by atoms with Crippen LogP contribution in [0.15, 0.2) is 18.2 Å². The maximum Gasteiger partial charge on any atom is 0.326 e. The lowest BCUT2D eigenvalue weighted by Crippen LogP contribution is -2.35. The number of fused-ring (bicyclic) bond motifs is 1. The lowest BCUT2D eigenvalue weighted by Gasteiger charge is -2.12. The number of ether oxygens (including phenoxy) is 1. The topological polar surface area (TPSA) is 89.7 Å². The van der Waals surface area contributed by atoms with Crippen LogP contribution in [-0.2, 0) is 9.53 Å². The number of hydrogen-bond donors (Lipinski definition) is 1. The van der Waals surface area contributed by atoms with Crippen LogP contribution in [0.4, 0.5) is 5.69 Å². The lowest BCUT2D eigenvalue weighted by molar-refractivity contribution is -0.143. The first-order chi connectivity index (χ1) is 8.54.